The summed E-state index contributed by atoms with van der Waals surface area (Å²) in [5, 5.41) is 4.03. The van der Waals surface area contributed by atoms with Crippen molar-refractivity contribution in [1.29, 1.82) is 0 Å². The van der Waals surface area contributed by atoms with E-state index in [2.05, 4.69) is 30.1 Å². The van der Waals surface area contributed by atoms with Gasteiger partial charge in [0.2, 0.25) is 17.5 Å². The first-order chi connectivity index (χ1) is 17.6. The van der Waals surface area contributed by atoms with Gasteiger partial charge >= 0.3 is 5.69 Å². The molecule has 4 aromatic heterocycles. The average molecular weight is 483 g/mol. The van der Waals surface area contributed by atoms with Gasteiger partial charge < -0.3 is 9.42 Å². The summed E-state index contributed by atoms with van der Waals surface area (Å²) in [5.41, 5.74) is 3.19. The first-order valence-electron chi connectivity index (χ1n) is 11.7. The number of hydrogen-bond acceptors (Lipinski definition) is 8. The number of benzene rings is 1. The summed E-state index contributed by atoms with van der Waals surface area (Å²) < 4.78 is 7.06. The number of imidazole rings is 1. The van der Waals surface area contributed by atoms with Gasteiger partial charge in [-0.15, -0.1) is 0 Å². The summed E-state index contributed by atoms with van der Waals surface area (Å²) in [6.07, 6.45) is 7.50. The Morgan fingerprint density at radius 3 is 2.78 bits per heavy atom. The molecule has 1 aromatic carbocycles. The molecule has 0 radical (unpaired) electrons. The van der Waals surface area contributed by atoms with Gasteiger partial charge in [0.15, 0.2) is 5.65 Å². The highest BCUT2D eigenvalue weighted by atomic mass is 16.5. The molecule has 0 saturated carbocycles. The van der Waals surface area contributed by atoms with Crippen LogP contribution in [0.5, 0.6) is 0 Å². The van der Waals surface area contributed by atoms with E-state index in [4.69, 9.17) is 4.52 Å². The van der Waals surface area contributed by atoms with Crippen LogP contribution in [0.1, 0.15) is 41.6 Å². The van der Waals surface area contributed by atoms with Gasteiger partial charge in [-0.3, -0.25) is 14.3 Å². The number of aromatic nitrogens is 7. The third-order valence-corrected chi connectivity index (χ3v) is 6.46. The topological polar surface area (TPSA) is 136 Å². The summed E-state index contributed by atoms with van der Waals surface area (Å²) in [6.45, 7) is 0.590. The van der Waals surface area contributed by atoms with E-state index in [1.54, 1.807) is 42.7 Å². The maximum absolute atomic E-state index is 13.7. The highest BCUT2D eigenvalue weighted by Gasteiger charge is 2.33. The summed E-state index contributed by atoms with van der Waals surface area (Å²) >= 11 is 0. The van der Waals surface area contributed by atoms with Crippen LogP contribution in [-0.4, -0.2) is 52.0 Å². The van der Waals surface area contributed by atoms with Gasteiger partial charge in [0.25, 0.3) is 5.91 Å². The Bertz CT molecular complexity index is 1620. The molecule has 1 N–H and O–H groups in total. The van der Waals surface area contributed by atoms with Crippen LogP contribution in [0.4, 0.5) is 0 Å². The molecule has 1 aliphatic rings. The number of rotatable bonds is 4. The molecule has 1 saturated heterocycles. The van der Waals surface area contributed by atoms with Crippen LogP contribution in [0.3, 0.4) is 0 Å². The van der Waals surface area contributed by atoms with Crippen LogP contribution in [0, 0.1) is 0 Å². The fraction of sp³-hybridized carbons (Fsp3) is 0.240. The molecule has 1 amide bonds. The molecule has 0 bridgehead atoms. The second kappa shape index (κ2) is 8.84. The van der Waals surface area contributed by atoms with E-state index in [-0.39, 0.29) is 17.6 Å². The number of amides is 1. The molecule has 5 aromatic rings. The van der Waals surface area contributed by atoms with Crippen molar-refractivity contribution in [3.8, 4) is 22.8 Å². The van der Waals surface area contributed by atoms with E-state index < -0.39 is 0 Å². The Morgan fingerprint density at radius 1 is 1.06 bits per heavy atom. The molecule has 6 rings (SSSR count). The van der Waals surface area contributed by atoms with Crippen LogP contribution in [0.15, 0.2) is 64.3 Å². The van der Waals surface area contributed by atoms with Crippen molar-refractivity contribution in [2.45, 2.75) is 25.3 Å². The fourth-order valence-corrected chi connectivity index (χ4v) is 4.56. The lowest BCUT2D eigenvalue weighted by atomic mass is 9.99. The molecule has 1 unspecified atom stereocenters. The second-order valence-electron chi connectivity index (χ2n) is 8.70. The SMILES string of the molecule is Cn1c(=O)[nH]c2ncc(-c3cccc(C(=O)N4CCCCC4c4nc(-c5ncccn5)no4)c3)cc21. The zero-order chi connectivity index (χ0) is 24.6. The molecule has 11 heteroatoms. The van der Waals surface area contributed by atoms with Gasteiger partial charge in [0.1, 0.15) is 6.04 Å². The van der Waals surface area contributed by atoms with Gasteiger partial charge in [-0.2, -0.15) is 4.98 Å². The van der Waals surface area contributed by atoms with Crippen molar-refractivity contribution in [3.63, 3.8) is 0 Å². The lowest BCUT2D eigenvalue weighted by Gasteiger charge is -2.33. The number of nitrogens with zero attached hydrogens (tertiary/aromatic N) is 7. The predicted octanol–water partition coefficient (Wildman–Crippen LogP) is 3.14. The maximum atomic E-state index is 13.7. The lowest BCUT2D eigenvalue weighted by molar-refractivity contribution is 0.0561. The zero-order valence-corrected chi connectivity index (χ0v) is 19.5. The van der Waals surface area contributed by atoms with E-state index in [1.165, 1.54) is 4.57 Å². The molecule has 0 aliphatic carbocycles. The number of H-pyrrole nitrogens is 1. The van der Waals surface area contributed by atoms with E-state index in [0.29, 0.717) is 40.8 Å². The fourth-order valence-electron chi connectivity index (χ4n) is 4.56. The van der Waals surface area contributed by atoms with Crippen molar-refractivity contribution >= 4 is 17.1 Å². The van der Waals surface area contributed by atoms with Crippen molar-refractivity contribution < 1.29 is 9.32 Å². The minimum atomic E-state index is -0.327. The number of pyridine rings is 1. The van der Waals surface area contributed by atoms with E-state index >= 15 is 0 Å². The summed E-state index contributed by atoms with van der Waals surface area (Å²) in [5.74, 6) is 0.942. The number of carbonyl (C=O) groups is 1. The Morgan fingerprint density at radius 2 is 1.92 bits per heavy atom. The van der Waals surface area contributed by atoms with Crippen LogP contribution in [-0.2, 0) is 7.05 Å². The largest absolute Gasteiger partial charge is 0.337 e. The molecule has 1 aliphatic heterocycles. The third kappa shape index (κ3) is 3.84. The molecule has 11 nitrogen and oxygen atoms in total. The molecule has 1 fully saturated rings. The van der Waals surface area contributed by atoms with Crippen LogP contribution < -0.4 is 5.69 Å². The van der Waals surface area contributed by atoms with Gasteiger partial charge in [-0.1, -0.05) is 17.3 Å². The average Bonchev–Trinajstić information content (AvgIpc) is 3.53. The standard InChI is InChI=1S/C25H22N8O3/c1-32-19-13-17(14-28-20(19)30-25(32)35)15-6-4-7-16(12-15)24(34)33-11-3-2-8-18(33)23-29-22(31-36-23)21-26-9-5-10-27-21/h4-7,9-10,12-14,18H,2-3,8,11H2,1H3,(H,28,30,35). The number of nitrogens with one attached hydrogen (secondary N) is 1. The number of aromatic amines is 1. The smallest absolute Gasteiger partial charge is 0.327 e. The number of hydrogen-bond donors (Lipinski definition) is 1. The highest BCUT2D eigenvalue weighted by molar-refractivity contribution is 5.96. The van der Waals surface area contributed by atoms with Crippen molar-refractivity contribution in [1.82, 2.24) is 39.5 Å². The molecule has 1 atom stereocenters. The Labute approximate surface area is 204 Å². The van der Waals surface area contributed by atoms with Gasteiger partial charge in [-0.25, -0.2) is 19.7 Å². The molecular weight excluding hydrogens is 460 g/mol. The Balaban J connectivity index is 1.30. The summed E-state index contributed by atoms with van der Waals surface area (Å²) in [6, 6.07) is 10.7. The van der Waals surface area contributed by atoms with E-state index in [1.807, 2.05) is 24.3 Å². The molecule has 36 heavy (non-hydrogen) atoms. The Hall–Kier alpha value is -4.67. The van der Waals surface area contributed by atoms with E-state index in [0.717, 1.165) is 30.4 Å². The Kier molecular flexibility index (Phi) is 5.36. The number of piperidine rings is 1. The van der Waals surface area contributed by atoms with Gasteiger partial charge in [0.05, 0.1) is 5.52 Å². The number of aryl methyl sites for hydroxylation is 1. The van der Waals surface area contributed by atoms with Crippen molar-refractivity contribution in [2.24, 2.45) is 7.05 Å². The zero-order valence-electron chi connectivity index (χ0n) is 19.5. The molecular formula is C25H22N8O3. The van der Waals surface area contributed by atoms with Crippen LogP contribution in [0.2, 0.25) is 0 Å². The third-order valence-electron chi connectivity index (χ3n) is 6.46. The quantitative estimate of drug-likeness (QED) is 0.413. The van der Waals surface area contributed by atoms with Gasteiger partial charge in [-0.05, 0) is 49.1 Å². The summed E-state index contributed by atoms with van der Waals surface area (Å²) in [4.78, 5) is 47.3. The second-order valence-corrected chi connectivity index (χ2v) is 8.70. The number of carbonyl (C=O) groups excluding carboxylic acids is 1. The van der Waals surface area contributed by atoms with Gasteiger partial charge in [0, 0.05) is 43.3 Å². The first kappa shape index (κ1) is 21.8. The first-order valence-corrected chi connectivity index (χ1v) is 11.7. The van der Waals surface area contributed by atoms with Crippen molar-refractivity contribution in [3.05, 3.63) is 76.9 Å². The monoisotopic (exact) mass is 482 g/mol. The summed E-state index contributed by atoms with van der Waals surface area (Å²) in [7, 11) is 1.69. The maximum Gasteiger partial charge on any atom is 0.327 e. The number of fused-ring (bicyclic) bond motifs is 1. The number of likely N-dealkylation sites (tertiary alicyclic amines) is 1. The normalized spacial score (nSPS) is 15.9. The minimum Gasteiger partial charge on any atom is -0.337 e. The predicted molar refractivity (Wildman–Crippen MR) is 130 cm³/mol. The van der Waals surface area contributed by atoms with E-state index in [9.17, 15) is 9.59 Å². The molecule has 180 valence electrons. The lowest BCUT2D eigenvalue weighted by Crippen LogP contribution is -2.38. The minimum absolute atomic E-state index is 0.111. The molecule has 0 spiro atoms. The van der Waals surface area contributed by atoms with Crippen molar-refractivity contribution in [2.75, 3.05) is 6.54 Å². The highest BCUT2D eigenvalue weighted by Crippen LogP contribution is 2.32. The molecule has 5 heterocycles. The van der Waals surface area contributed by atoms with Crippen LogP contribution in [0.25, 0.3) is 33.9 Å². The van der Waals surface area contributed by atoms with Crippen LogP contribution >= 0.6 is 0 Å².